The smallest absolute Gasteiger partial charge is 0.149 e. The molecular weight excluding hydrogens is 261 g/mol. The summed E-state index contributed by atoms with van der Waals surface area (Å²) in [6.45, 7) is 1.08. The molecule has 1 atom stereocenters. The van der Waals surface area contributed by atoms with Crippen molar-refractivity contribution in [1.29, 1.82) is 0 Å². The van der Waals surface area contributed by atoms with Crippen LogP contribution in [0.15, 0.2) is 42.5 Å². The standard InChI is InChI=1S/C16H15ClFN/c17-14-4-1-3-13(16(14)18)11-6-8-12(9-7-11)15-5-2-10-19-15/h1,3-4,6-9,15,19H,2,5,10H2. The molecular formula is C16H15ClFN. The van der Waals surface area contributed by atoms with Crippen LogP contribution >= 0.6 is 11.6 Å². The van der Waals surface area contributed by atoms with Crippen LogP contribution in [0.4, 0.5) is 4.39 Å². The van der Waals surface area contributed by atoms with Crippen LogP contribution in [-0.2, 0) is 0 Å². The molecule has 19 heavy (non-hydrogen) atoms. The highest BCUT2D eigenvalue weighted by Gasteiger charge is 2.16. The van der Waals surface area contributed by atoms with E-state index in [0.717, 1.165) is 12.1 Å². The molecule has 1 aliphatic rings. The van der Waals surface area contributed by atoms with Crippen LogP contribution in [0.2, 0.25) is 5.02 Å². The van der Waals surface area contributed by atoms with Crippen LogP contribution < -0.4 is 5.32 Å². The summed E-state index contributed by atoms with van der Waals surface area (Å²) in [5.41, 5.74) is 2.68. The van der Waals surface area contributed by atoms with Gasteiger partial charge in [-0.3, -0.25) is 0 Å². The van der Waals surface area contributed by atoms with Crippen molar-refractivity contribution >= 4 is 11.6 Å². The van der Waals surface area contributed by atoms with E-state index in [0.29, 0.717) is 11.6 Å². The van der Waals surface area contributed by atoms with Gasteiger partial charge in [-0.15, -0.1) is 0 Å². The summed E-state index contributed by atoms with van der Waals surface area (Å²) in [7, 11) is 0. The van der Waals surface area contributed by atoms with Gasteiger partial charge in [0.25, 0.3) is 0 Å². The van der Waals surface area contributed by atoms with Crippen molar-refractivity contribution in [2.75, 3.05) is 6.54 Å². The van der Waals surface area contributed by atoms with Crippen LogP contribution in [0.1, 0.15) is 24.4 Å². The second kappa shape index (κ2) is 5.32. The van der Waals surface area contributed by atoms with Gasteiger partial charge in [0, 0.05) is 11.6 Å². The molecule has 1 N–H and O–H groups in total. The molecule has 1 aliphatic heterocycles. The molecule has 0 amide bonds. The lowest BCUT2D eigenvalue weighted by atomic mass is 10.00. The first-order valence-corrected chi connectivity index (χ1v) is 6.91. The molecule has 1 nitrogen and oxygen atoms in total. The minimum Gasteiger partial charge on any atom is -0.310 e. The predicted octanol–water partition coefficient (Wildman–Crippen LogP) is 4.57. The molecule has 3 rings (SSSR count). The van der Waals surface area contributed by atoms with Gasteiger partial charge in [-0.2, -0.15) is 0 Å². The Morgan fingerprint density at radius 1 is 1.11 bits per heavy atom. The lowest BCUT2D eigenvalue weighted by molar-refractivity contribution is 0.631. The van der Waals surface area contributed by atoms with Gasteiger partial charge >= 0.3 is 0 Å². The topological polar surface area (TPSA) is 12.0 Å². The third kappa shape index (κ3) is 2.51. The second-order valence-electron chi connectivity index (χ2n) is 4.87. The number of hydrogen-bond acceptors (Lipinski definition) is 1. The Morgan fingerprint density at radius 3 is 2.58 bits per heavy atom. The Morgan fingerprint density at radius 2 is 1.89 bits per heavy atom. The molecule has 0 bridgehead atoms. The lowest BCUT2D eigenvalue weighted by Crippen LogP contribution is -2.12. The number of rotatable bonds is 2. The minimum absolute atomic E-state index is 0.166. The van der Waals surface area contributed by atoms with Crippen LogP contribution in [0.3, 0.4) is 0 Å². The van der Waals surface area contributed by atoms with Crippen LogP contribution in [0.25, 0.3) is 11.1 Å². The van der Waals surface area contributed by atoms with Crippen LogP contribution in [-0.4, -0.2) is 6.54 Å². The van der Waals surface area contributed by atoms with Crippen molar-refractivity contribution in [2.24, 2.45) is 0 Å². The predicted molar refractivity (Wildman–Crippen MR) is 76.8 cm³/mol. The molecule has 1 fully saturated rings. The molecule has 0 saturated carbocycles. The molecule has 98 valence electrons. The third-order valence-electron chi connectivity index (χ3n) is 3.64. The summed E-state index contributed by atoms with van der Waals surface area (Å²) in [5, 5.41) is 3.62. The average molecular weight is 276 g/mol. The van der Waals surface area contributed by atoms with E-state index in [2.05, 4.69) is 17.4 Å². The van der Waals surface area contributed by atoms with Crippen molar-refractivity contribution in [3.05, 3.63) is 58.9 Å². The first-order valence-electron chi connectivity index (χ1n) is 6.53. The number of hydrogen-bond donors (Lipinski definition) is 1. The zero-order valence-corrected chi connectivity index (χ0v) is 11.3. The highest BCUT2D eigenvalue weighted by atomic mass is 35.5. The largest absolute Gasteiger partial charge is 0.310 e. The first kappa shape index (κ1) is 12.6. The lowest BCUT2D eigenvalue weighted by Gasteiger charge is -2.11. The second-order valence-corrected chi connectivity index (χ2v) is 5.28. The van der Waals surface area contributed by atoms with E-state index >= 15 is 0 Å². The van der Waals surface area contributed by atoms with Gasteiger partial charge in [-0.25, -0.2) is 4.39 Å². The molecule has 3 heteroatoms. The quantitative estimate of drug-likeness (QED) is 0.846. The van der Waals surface area contributed by atoms with Crippen molar-refractivity contribution in [3.8, 4) is 11.1 Å². The Balaban J connectivity index is 1.91. The fourth-order valence-corrected chi connectivity index (χ4v) is 2.77. The number of benzene rings is 2. The van der Waals surface area contributed by atoms with Crippen molar-refractivity contribution < 1.29 is 4.39 Å². The minimum atomic E-state index is -0.351. The van der Waals surface area contributed by atoms with Gasteiger partial charge in [0.05, 0.1) is 5.02 Å². The van der Waals surface area contributed by atoms with Crippen molar-refractivity contribution in [1.82, 2.24) is 5.32 Å². The fraction of sp³-hybridized carbons (Fsp3) is 0.250. The van der Waals surface area contributed by atoms with E-state index < -0.39 is 0 Å². The Kier molecular flexibility index (Phi) is 3.54. The van der Waals surface area contributed by atoms with E-state index in [4.69, 9.17) is 11.6 Å². The number of nitrogens with one attached hydrogen (secondary N) is 1. The van der Waals surface area contributed by atoms with E-state index in [-0.39, 0.29) is 10.8 Å². The van der Waals surface area contributed by atoms with Crippen molar-refractivity contribution in [3.63, 3.8) is 0 Å². The van der Waals surface area contributed by atoms with Gasteiger partial charge in [0.1, 0.15) is 5.82 Å². The maximum Gasteiger partial charge on any atom is 0.149 e. The molecule has 0 aliphatic carbocycles. The first-order chi connectivity index (χ1) is 9.25. The number of halogens is 2. The highest BCUT2D eigenvalue weighted by molar-refractivity contribution is 6.31. The highest BCUT2D eigenvalue weighted by Crippen LogP contribution is 2.29. The third-order valence-corrected chi connectivity index (χ3v) is 3.93. The van der Waals surface area contributed by atoms with E-state index in [9.17, 15) is 4.39 Å². The van der Waals surface area contributed by atoms with Gasteiger partial charge in [-0.1, -0.05) is 48.0 Å². The van der Waals surface area contributed by atoms with Crippen LogP contribution in [0.5, 0.6) is 0 Å². The average Bonchev–Trinajstić information content (AvgIpc) is 2.96. The van der Waals surface area contributed by atoms with E-state index in [1.807, 2.05) is 12.1 Å². The van der Waals surface area contributed by atoms with Gasteiger partial charge in [0.2, 0.25) is 0 Å². The summed E-state index contributed by atoms with van der Waals surface area (Å²) in [5.74, 6) is -0.351. The summed E-state index contributed by atoms with van der Waals surface area (Å²) >= 11 is 5.81. The molecule has 0 spiro atoms. The Labute approximate surface area is 117 Å². The van der Waals surface area contributed by atoms with Crippen LogP contribution in [0, 0.1) is 5.82 Å². The molecule has 1 heterocycles. The SMILES string of the molecule is Fc1c(Cl)cccc1-c1ccc(C2CCCN2)cc1. The van der Waals surface area contributed by atoms with E-state index in [1.54, 1.807) is 18.2 Å². The maximum absolute atomic E-state index is 13.9. The Hall–Kier alpha value is -1.38. The van der Waals surface area contributed by atoms with Gasteiger partial charge in [0.15, 0.2) is 0 Å². The summed E-state index contributed by atoms with van der Waals surface area (Å²) < 4.78 is 13.9. The summed E-state index contributed by atoms with van der Waals surface area (Å²) in [4.78, 5) is 0. The van der Waals surface area contributed by atoms with E-state index in [1.165, 1.54) is 18.4 Å². The normalized spacial score (nSPS) is 18.7. The molecule has 0 radical (unpaired) electrons. The maximum atomic E-state index is 13.9. The van der Waals surface area contributed by atoms with Gasteiger partial charge < -0.3 is 5.32 Å². The van der Waals surface area contributed by atoms with Crippen molar-refractivity contribution in [2.45, 2.75) is 18.9 Å². The zero-order valence-electron chi connectivity index (χ0n) is 10.5. The van der Waals surface area contributed by atoms with Gasteiger partial charge in [-0.05, 0) is 36.6 Å². The molecule has 1 saturated heterocycles. The molecule has 1 unspecified atom stereocenters. The summed E-state index contributed by atoms with van der Waals surface area (Å²) in [6.07, 6.45) is 2.39. The Bertz CT molecular complexity index is 574. The summed E-state index contributed by atoms with van der Waals surface area (Å²) in [6, 6.07) is 13.6. The molecule has 2 aromatic rings. The molecule has 0 aromatic heterocycles. The monoisotopic (exact) mass is 275 g/mol. The fourth-order valence-electron chi connectivity index (χ4n) is 2.59. The zero-order chi connectivity index (χ0) is 13.2. The molecule has 2 aromatic carbocycles.